The molecule has 2 aliphatic heterocycles. The number of alkyl halides is 3. The predicted octanol–water partition coefficient (Wildman–Crippen LogP) is 3.42. The van der Waals surface area contributed by atoms with E-state index >= 15 is 0 Å². The van der Waals surface area contributed by atoms with Crippen LogP contribution in [0.4, 0.5) is 18.0 Å². The van der Waals surface area contributed by atoms with Gasteiger partial charge in [-0.1, -0.05) is 0 Å². The lowest BCUT2D eigenvalue weighted by Crippen LogP contribution is -2.62. The van der Waals surface area contributed by atoms with E-state index in [2.05, 4.69) is 4.98 Å². The Hall–Kier alpha value is -3.81. The van der Waals surface area contributed by atoms with Crippen LogP contribution >= 0.6 is 0 Å². The van der Waals surface area contributed by atoms with Crippen molar-refractivity contribution in [3.8, 4) is 0 Å². The number of piperidine rings is 1. The van der Waals surface area contributed by atoms with Crippen LogP contribution in [0.1, 0.15) is 34.3 Å². The maximum Gasteiger partial charge on any atom is 0.417 e. The van der Waals surface area contributed by atoms with Crippen molar-refractivity contribution >= 4 is 32.9 Å². The summed E-state index contributed by atoms with van der Waals surface area (Å²) in [6.45, 7) is 1.18. The van der Waals surface area contributed by atoms with Gasteiger partial charge in [0, 0.05) is 43.4 Å². The van der Waals surface area contributed by atoms with Gasteiger partial charge in [0.15, 0.2) is 15.4 Å². The van der Waals surface area contributed by atoms with Crippen molar-refractivity contribution in [1.82, 2.24) is 14.8 Å². The Balaban J connectivity index is 1.15. The summed E-state index contributed by atoms with van der Waals surface area (Å²) in [6.07, 6.45) is -3.45. The third-order valence-electron chi connectivity index (χ3n) is 7.17. The number of rotatable bonds is 4. The number of sulfone groups is 1. The summed E-state index contributed by atoms with van der Waals surface area (Å²) >= 11 is 0. The van der Waals surface area contributed by atoms with Crippen LogP contribution in [0, 0.1) is 5.41 Å². The van der Waals surface area contributed by atoms with Crippen LogP contribution in [-0.4, -0.2) is 67.6 Å². The number of hydrogen-bond donors (Lipinski definition) is 1. The summed E-state index contributed by atoms with van der Waals surface area (Å²) in [5.74, 6) is -0.793. The SMILES string of the molecule is CS(=O)(=O)c1cc(COC(=O)N2CCC3(CC2)CN(C(=O)c2ccc4[nH]c(=O)oc4c2)C3)cc(C(F)(F)F)c1. The Morgan fingerprint density at radius 2 is 1.77 bits per heavy atom. The number of halogens is 3. The van der Waals surface area contributed by atoms with Gasteiger partial charge in [-0.2, -0.15) is 13.2 Å². The number of likely N-dealkylation sites (tertiary alicyclic amines) is 2. The molecular weight excluding hydrogens is 543 g/mol. The zero-order chi connectivity index (χ0) is 28.2. The van der Waals surface area contributed by atoms with Crippen molar-refractivity contribution in [2.24, 2.45) is 5.41 Å². The second kappa shape index (κ2) is 9.43. The summed E-state index contributed by atoms with van der Waals surface area (Å²) in [5, 5.41) is 0. The topological polar surface area (TPSA) is 130 Å². The molecule has 3 aromatic rings. The number of ether oxygens (including phenoxy) is 1. The fourth-order valence-electron chi connectivity index (χ4n) is 5.01. The first kappa shape index (κ1) is 26.8. The summed E-state index contributed by atoms with van der Waals surface area (Å²) in [5.41, 5.74) is -0.182. The van der Waals surface area contributed by atoms with Crippen molar-refractivity contribution in [3.63, 3.8) is 0 Å². The van der Waals surface area contributed by atoms with Gasteiger partial charge in [-0.25, -0.2) is 18.0 Å². The lowest BCUT2D eigenvalue weighted by atomic mass is 9.72. The Labute approximate surface area is 220 Å². The summed E-state index contributed by atoms with van der Waals surface area (Å²) in [7, 11) is -3.91. The normalized spacial score (nSPS) is 17.3. The van der Waals surface area contributed by atoms with Crippen LogP contribution in [0.25, 0.3) is 11.1 Å². The molecule has 10 nitrogen and oxygen atoms in total. The van der Waals surface area contributed by atoms with Crippen molar-refractivity contribution in [1.29, 1.82) is 0 Å². The van der Waals surface area contributed by atoms with Crippen LogP contribution < -0.4 is 5.76 Å². The van der Waals surface area contributed by atoms with E-state index in [-0.39, 0.29) is 16.9 Å². The van der Waals surface area contributed by atoms with Crippen LogP contribution in [-0.2, 0) is 27.4 Å². The number of hydrogen-bond acceptors (Lipinski definition) is 7. The number of carbonyl (C=O) groups is 2. The molecule has 1 aromatic heterocycles. The average Bonchev–Trinajstić information content (AvgIpc) is 3.23. The van der Waals surface area contributed by atoms with E-state index in [0.717, 1.165) is 18.4 Å². The number of aromatic amines is 1. The van der Waals surface area contributed by atoms with E-state index in [4.69, 9.17) is 9.15 Å². The predicted molar refractivity (Wildman–Crippen MR) is 131 cm³/mol. The summed E-state index contributed by atoms with van der Waals surface area (Å²) in [4.78, 5) is 41.9. The molecule has 14 heteroatoms. The van der Waals surface area contributed by atoms with Crippen LogP contribution in [0.3, 0.4) is 0 Å². The number of fused-ring (bicyclic) bond motifs is 1. The number of aromatic nitrogens is 1. The number of nitrogens with zero attached hydrogens (tertiary/aromatic N) is 2. The molecule has 1 spiro atoms. The first-order valence-corrected chi connectivity index (χ1v) is 13.9. The molecule has 2 aromatic carbocycles. The molecule has 2 saturated heterocycles. The van der Waals surface area contributed by atoms with Gasteiger partial charge in [0.2, 0.25) is 0 Å². The molecule has 2 aliphatic rings. The molecule has 2 fully saturated rings. The largest absolute Gasteiger partial charge is 0.445 e. The second-order valence-corrected chi connectivity index (χ2v) is 12.1. The molecule has 0 aliphatic carbocycles. The van der Waals surface area contributed by atoms with Gasteiger partial charge in [0.25, 0.3) is 5.91 Å². The third-order valence-corrected chi connectivity index (χ3v) is 8.27. The molecule has 1 N–H and O–H groups in total. The number of carbonyl (C=O) groups excluding carboxylic acids is 2. The molecule has 0 saturated carbocycles. The summed E-state index contributed by atoms with van der Waals surface area (Å²) in [6, 6.07) is 7.10. The Kier molecular flexibility index (Phi) is 6.48. The van der Waals surface area contributed by atoms with Gasteiger partial charge < -0.3 is 19.0 Å². The van der Waals surface area contributed by atoms with Crippen molar-refractivity contribution in [3.05, 3.63) is 63.6 Å². The molecule has 3 heterocycles. The van der Waals surface area contributed by atoms with E-state index in [9.17, 15) is 36.0 Å². The molecule has 208 valence electrons. The van der Waals surface area contributed by atoms with Gasteiger partial charge in [-0.3, -0.25) is 9.78 Å². The van der Waals surface area contributed by atoms with E-state index in [1.165, 1.54) is 11.0 Å². The Bertz CT molecular complexity index is 1610. The van der Waals surface area contributed by atoms with Gasteiger partial charge >= 0.3 is 18.0 Å². The monoisotopic (exact) mass is 567 g/mol. The van der Waals surface area contributed by atoms with E-state index < -0.39 is 44.9 Å². The first-order chi connectivity index (χ1) is 18.2. The van der Waals surface area contributed by atoms with Gasteiger partial charge in [0.1, 0.15) is 6.61 Å². The highest BCUT2D eigenvalue weighted by Crippen LogP contribution is 2.41. The highest BCUT2D eigenvalue weighted by atomic mass is 32.2. The van der Waals surface area contributed by atoms with Crippen molar-refractivity contribution in [2.75, 3.05) is 32.4 Å². The highest BCUT2D eigenvalue weighted by molar-refractivity contribution is 7.90. The maximum absolute atomic E-state index is 13.2. The molecule has 2 amide bonds. The maximum atomic E-state index is 13.2. The molecular formula is C25H24F3N3O7S. The third kappa shape index (κ3) is 5.51. The minimum Gasteiger partial charge on any atom is -0.445 e. The van der Waals surface area contributed by atoms with Crippen LogP contribution in [0.15, 0.2) is 50.5 Å². The molecule has 0 bridgehead atoms. The Morgan fingerprint density at radius 1 is 1.08 bits per heavy atom. The van der Waals surface area contributed by atoms with Crippen LogP contribution in [0.5, 0.6) is 0 Å². The zero-order valence-corrected chi connectivity index (χ0v) is 21.5. The average molecular weight is 568 g/mol. The molecule has 5 rings (SSSR count). The van der Waals surface area contributed by atoms with Gasteiger partial charge in [-0.05, 0) is 54.8 Å². The van der Waals surface area contributed by atoms with E-state index in [1.807, 2.05) is 0 Å². The van der Waals surface area contributed by atoms with E-state index in [0.29, 0.717) is 61.8 Å². The number of H-pyrrole nitrogens is 1. The standard InChI is InChI=1S/C25H24F3N3O7S/c1-39(35,36)18-9-15(8-17(11-18)25(26,27)28)12-37-23(34)30-6-4-24(5-7-30)13-31(14-24)21(32)16-2-3-19-20(10-16)38-22(33)29-19/h2-3,8-11H,4-7,12-14H2,1H3,(H,29,33). The smallest absolute Gasteiger partial charge is 0.417 e. The molecule has 0 radical (unpaired) electrons. The van der Waals surface area contributed by atoms with Crippen LogP contribution in [0.2, 0.25) is 0 Å². The minimum absolute atomic E-state index is 0.0858. The summed E-state index contributed by atoms with van der Waals surface area (Å²) < 4.78 is 73.5. The fraction of sp³-hybridized carbons (Fsp3) is 0.400. The number of nitrogens with one attached hydrogen (secondary N) is 1. The zero-order valence-electron chi connectivity index (χ0n) is 20.7. The second-order valence-electron chi connectivity index (χ2n) is 10.1. The van der Waals surface area contributed by atoms with Crippen molar-refractivity contribution in [2.45, 2.75) is 30.5 Å². The van der Waals surface area contributed by atoms with Crippen molar-refractivity contribution < 1.29 is 40.3 Å². The number of benzene rings is 2. The molecule has 0 atom stereocenters. The molecule has 39 heavy (non-hydrogen) atoms. The number of amides is 2. The lowest BCUT2D eigenvalue weighted by Gasteiger charge is -2.53. The first-order valence-electron chi connectivity index (χ1n) is 12.0. The van der Waals surface area contributed by atoms with E-state index in [1.54, 1.807) is 17.0 Å². The number of oxazole rings is 1. The van der Waals surface area contributed by atoms with Gasteiger partial charge in [0.05, 0.1) is 16.0 Å². The fourth-order valence-corrected chi connectivity index (χ4v) is 5.71. The Morgan fingerprint density at radius 3 is 2.41 bits per heavy atom. The minimum atomic E-state index is -4.76. The highest BCUT2D eigenvalue weighted by Gasteiger charge is 2.47. The quantitative estimate of drug-likeness (QED) is 0.511. The lowest BCUT2D eigenvalue weighted by molar-refractivity contribution is -0.137. The molecule has 0 unspecified atom stereocenters. The van der Waals surface area contributed by atoms with Gasteiger partial charge in [-0.15, -0.1) is 0 Å².